The van der Waals surface area contributed by atoms with Gasteiger partial charge in [0.25, 0.3) is 0 Å². The fourth-order valence-electron chi connectivity index (χ4n) is 4.97. The molecule has 200 valence electrons. The van der Waals surface area contributed by atoms with Crippen molar-refractivity contribution in [3.8, 4) is 0 Å². The molecule has 3 saturated heterocycles. The van der Waals surface area contributed by atoms with Crippen LogP contribution in [0.3, 0.4) is 0 Å². The molecule has 2 N–H and O–H groups in total. The van der Waals surface area contributed by atoms with Gasteiger partial charge >= 0.3 is 12.2 Å². The third kappa shape index (κ3) is 6.12. The first-order chi connectivity index (χ1) is 17.0. The standard InChI is InChI=1S/C23H33N3O10/c1-12(27)15-10-18(29)16-6-4-8-25(16)20(30)17-7-5-9-26(17)21(31)19(13(2)28)24-22(32)34-11-35-23(33)36-14(15)3/h13-17,19,28H,4-11H2,1-3H3,(H,24,32)/t13-,14-,15-,16+,17+,19+/m1/s1. The highest BCUT2D eigenvalue weighted by molar-refractivity contribution is 5.96. The first-order valence-electron chi connectivity index (χ1n) is 12.1. The molecular weight excluding hydrogens is 478 g/mol. The zero-order chi connectivity index (χ0) is 26.6. The lowest BCUT2D eigenvalue weighted by Gasteiger charge is -2.33. The topological polar surface area (TPSA) is 169 Å². The largest absolute Gasteiger partial charge is 0.511 e. The van der Waals surface area contributed by atoms with Crippen molar-refractivity contribution in [2.45, 2.75) is 83.2 Å². The number of aliphatic hydroxyl groups is 1. The van der Waals surface area contributed by atoms with E-state index in [2.05, 4.69) is 5.32 Å². The zero-order valence-corrected chi connectivity index (χ0v) is 20.6. The second kappa shape index (κ2) is 11.7. The summed E-state index contributed by atoms with van der Waals surface area (Å²) in [5.74, 6) is -2.73. The summed E-state index contributed by atoms with van der Waals surface area (Å²) in [7, 11) is 0. The van der Waals surface area contributed by atoms with Crippen LogP contribution in [0, 0.1) is 5.92 Å². The van der Waals surface area contributed by atoms with E-state index in [1.165, 1.54) is 30.6 Å². The second-order valence-corrected chi connectivity index (χ2v) is 9.40. The van der Waals surface area contributed by atoms with Crippen molar-refractivity contribution in [1.29, 1.82) is 0 Å². The van der Waals surface area contributed by atoms with Crippen LogP contribution in [0.4, 0.5) is 9.59 Å². The van der Waals surface area contributed by atoms with Gasteiger partial charge in [0.2, 0.25) is 18.6 Å². The molecule has 3 aliphatic rings. The van der Waals surface area contributed by atoms with Gasteiger partial charge in [0, 0.05) is 19.5 Å². The van der Waals surface area contributed by atoms with Crippen LogP contribution in [0.2, 0.25) is 0 Å². The summed E-state index contributed by atoms with van der Waals surface area (Å²) in [5.41, 5.74) is 0. The van der Waals surface area contributed by atoms with E-state index in [-0.39, 0.29) is 24.5 Å². The van der Waals surface area contributed by atoms with Crippen molar-refractivity contribution < 1.29 is 48.1 Å². The maximum absolute atomic E-state index is 13.5. The van der Waals surface area contributed by atoms with Crippen LogP contribution >= 0.6 is 0 Å². The molecule has 3 fully saturated rings. The molecule has 0 spiro atoms. The van der Waals surface area contributed by atoms with E-state index in [1.54, 1.807) is 0 Å². The smallest absolute Gasteiger partial charge is 0.430 e. The Balaban J connectivity index is 1.91. The van der Waals surface area contributed by atoms with Crippen molar-refractivity contribution in [2.75, 3.05) is 19.9 Å². The molecule has 0 aliphatic carbocycles. The fourth-order valence-corrected chi connectivity index (χ4v) is 4.97. The number of fused-ring (bicyclic) bond motifs is 2. The number of amides is 3. The van der Waals surface area contributed by atoms with Crippen LogP contribution in [-0.2, 0) is 33.4 Å². The van der Waals surface area contributed by atoms with Crippen LogP contribution in [0.15, 0.2) is 0 Å². The van der Waals surface area contributed by atoms with E-state index < -0.39 is 67.1 Å². The Morgan fingerprint density at radius 2 is 1.61 bits per heavy atom. The van der Waals surface area contributed by atoms with Gasteiger partial charge in [-0.25, -0.2) is 9.59 Å². The summed E-state index contributed by atoms with van der Waals surface area (Å²) in [4.78, 5) is 79.1. The van der Waals surface area contributed by atoms with E-state index in [4.69, 9.17) is 14.2 Å². The van der Waals surface area contributed by atoms with Crippen molar-refractivity contribution >= 4 is 35.6 Å². The number of cyclic esters (lactones) is 3. The van der Waals surface area contributed by atoms with Crippen molar-refractivity contribution in [1.82, 2.24) is 15.1 Å². The number of ketones is 2. The zero-order valence-electron chi connectivity index (χ0n) is 20.6. The van der Waals surface area contributed by atoms with Crippen molar-refractivity contribution in [3.63, 3.8) is 0 Å². The molecule has 3 heterocycles. The molecule has 0 aromatic heterocycles. The quantitative estimate of drug-likeness (QED) is 0.486. The average molecular weight is 512 g/mol. The minimum absolute atomic E-state index is 0.237. The molecule has 36 heavy (non-hydrogen) atoms. The van der Waals surface area contributed by atoms with Crippen molar-refractivity contribution in [3.05, 3.63) is 0 Å². The minimum atomic E-state index is -1.41. The number of nitrogens with zero attached hydrogens (tertiary/aromatic N) is 2. The van der Waals surface area contributed by atoms with Crippen LogP contribution < -0.4 is 5.32 Å². The fraction of sp³-hybridized carbons (Fsp3) is 0.739. The van der Waals surface area contributed by atoms with Gasteiger partial charge in [-0.1, -0.05) is 0 Å². The van der Waals surface area contributed by atoms with Gasteiger partial charge in [0.05, 0.1) is 18.1 Å². The Hall–Kier alpha value is -3.22. The van der Waals surface area contributed by atoms with Gasteiger partial charge in [0.15, 0.2) is 5.78 Å². The Morgan fingerprint density at radius 3 is 2.22 bits per heavy atom. The first-order valence-corrected chi connectivity index (χ1v) is 12.1. The molecule has 13 heteroatoms. The molecule has 0 saturated carbocycles. The molecular formula is C23H33N3O10. The van der Waals surface area contributed by atoms with Crippen LogP contribution in [-0.4, -0.2) is 101 Å². The third-order valence-corrected chi connectivity index (χ3v) is 6.91. The Bertz CT molecular complexity index is 907. The third-order valence-electron chi connectivity index (χ3n) is 6.91. The Morgan fingerprint density at radius 1 is 1.00 bits per heavy atom. The van der Waals surface area contributed by atoms with Crippen molar-refractivity contribution in [2.24, 2.45) is 5.92 Å². The molecule has 0 unspecified atom stereocenters. The predicted octanol–water partition coefficient (Wildman–Crippen LogP) is 0.121. The van der Waals surface area contributed by atoms with E-state index in [0.717, 1.165) is 0 Å². The van der Waals surface area contributed by atoms with Gasteiger partial charge in [-0.2, -0.15) is 0 Å². The maximum atomic E-state index is 13.5. The van der Waals surface area contributed by atoms with Crippen LogP contribution in [0.25, 0.3) is 0 Å². The van der Waals surface area contributed by atoms with Gasteiger partial charge in [-0.15, -0.1) is 0 Å². The Labute approximate surface area is 208 Å². The number of Topliss-reactive ketones (excluding diaryl/α,β-unsaturated/α-hetero) is 2. The highest BCUT2D eigenvalue weighted by Crippen LogP contribution is 2.28. The number of hydrogen-bond acceptors (Lipinski definition) is 10. The SMILES string of the molecule is CC(=O)[C@H]1CC(=O)[C@@H]2CCCN2C(=O)[C@@H]2CCCN2C(=O)[C@H]([C@@H](C)O)NC(=O)OCOC(=O)O[C@@H]1C. The Kier molecular flexibility index (Phi) is 8.88. The number of carbonyl (C=O) groups is 6. The van der Waals surface area contributed by atoms with Gasteiger partial charge in [-0.05, 0) is 46.5 Å². The number of hydrogen-bond donors (Lipinski definition) is 2. The highest BCUT2D eigenvalue weighted by atomic mass is 16.8. The van der Waals surface area contributed by atoms with Crippen LogP contribution in [0.1, 0.15) is 52.9 Å². The molecule has 0 aromatic carbocycles. The lowest BCUT2D eigenvalue weighted by molar-refractivity contribution is -0.148. The second-order valence-electron chi connectivity index (χ2n) is 9.40. The molecule has 3 rings (SSSR count). The monoisotopic (exact) mass is 511 g/mol. The van der Waals surface area contributed by atoms with E-state index in [9.17, 15) is 33.9 Å². The lowest BCUT2D eigenvalue weighted by atomic mass is 9.90. The van der Waals surface area contributed by atoms with E-state index in [1.807, 2.05) is 0 Å². The summed E-state index contributed by atoms with van der Waals surface area (Å²) in [6.07, 6.45) is -3.04. The highest BCUT2D eigenvalue weighted by Gasteiger charge is 2.45. The lowest BCUT2D eigenvalue weighted by Crippen LogP contribution is -2.58. The molecule has 0 aromatic rings. The molecule has 3 amide bonds. The minimum Gasteiger partial charge on any atom is -0.430 e. The first kappa shape index (κ1) is 27.4. The maximum Gasteiger partial charge on any atom is 0.511 e. The molecule has 0 bridgehead atoms. The summed E-state index contributed by atoms with van der Waals surface area (Å²) < 4.78 is 14.6. The summed E-state index contributed by atoms with van der Waals surface area (Å²) in [6, 6.07) is -3.03. The average Bonchev–Trinajstić information content (AvgIpc) is 3.49. The van der Waals surface area contributed by atoms with E-state index in [0.29, 0.717) is 32.2 Å². The van der Waals surface area contributed by atoms with Gasteiger partial charge < -0.3 is 34.4 Å². The van der Waals surface area contributed by atoms with Crippen LogP contribution in [0.5, 0.6) is 0 Å². The predicted molar refractivity (Wildman–Crippen MR) is 120 cm³/mol. The molecule has 3 aliphatic heterocycles. The summed E-state index contributed by atoms with van der Waals surface area (Å²) in [6.45, 7) is 3.73. The normalized spacial score (nSPS) is 31.8. The number of alkyl carbamates (subject to hydrolysis) is 1. The molecule has 13 nitrogen and oxygen atoms in total. The molecule has 0 radical (unpaired) electrons. The number of rotatable bonds is 2. The summed E-state index contributed by atoms with van der Waals surface area (Å²) in [5, 5.41) is 12.4. The van der Waals surface area contributed by atoms with Gasteiger partial charge in [-0.3, -0.25) is 19.2 Å². The van der Waals surface area contributed by atoms with Gasteiger partial charge in [0.1, 0.15) is 24.0 Å². The number of aliphatic hydroxyl groups excluding tert-OH is 1. The number of nitrogens with one attached hydrogen (secondary N) is 1. The van der Waals surface area contributed by atoms with E-state index >= 15 is 0 Å². The number of carbonyl (C=O) groups excluding carboxylic acids is 6. The molecule has 6 atom stereocenters. The summed E-state index contributed by atoms with van der Waals surface area (Å²) >= 11 is 0. The number of ether oxygens (including phenoxy) is 3.